The summed E-state index contributed by atoms with van der Waals surface area (Å²) in [5.41, 5.74) is 5.09. The van der Waals surface area contributed by atoms with E-state index in [4.69, 9.17) is 17.0 Å². The maximum Gasteiger partial charge on any atom is 0.143 e. The molecule has 0 aliphatic heterocycles. The van der Waals surface area contributed by atoms with E-state index in [2.05, 4.69) is 5.10 Å². The van der Waals surface area contributed by atoms with Crippen molar-refractivity contribution in [3.05, 3.63) is 12.2 Å². The summed E-state index contributed by atoms with van der Waals surface area (Å²) >= 11 is 0. The first-order valence-corrected chi connectivity index (χ1v) is 2.01. The van der Waals surface area contributed by atoms with Crippen LogP contribution in [0.15, 0.2) is 17.3 Å². The first-order chi connectivity index (χ1) is 3.81. The van der Waals surface area contributed by atoms with Crippen molar-refractivity contribution in [2.45, 2.75) is 0 Å². The normalized spacial score (nSPS) is 12.2. The van der Waals surface area contributed by atoms with Crippen molar-refractivity contribution in [2.24, 2.45) is 16.7 Å². The zero-order valence-corrected chi connectivity index (χ0v) is 4.33. The molecule has 44 valence electrons. The van der Waals surface area contributed by atoms with E-state index >= 15 is 0 Å². The van der Waals surface area contributed by atoms with Gasteiger partial charge in [-0.1, -0.05) is 0 Å². The van der Waals surface area contributed by atoms with E-state index in [-0.39, 0.29) is 5.84 Å². The summed E-state index contributed by atoms with van der Waals surface area (Å²) in [6.07, 6.45) is 3.97. The SMILES string of the molecule is N=CC=CC(N)=NN. The van der Waals surface area contributed by atoms with Gasteiger partial charge in [0.2, 0.25) is 0 Å². The molecule has 0 aliphatic rings. The molecule has 0 atom stereocenters. The Morgan fingerprint density at radius 2 is 2.25 bits per heavy atom. The molecule has 5 N–H and O–H groups in total. The fourth-order valence-electron chi connectivity index (χ4n) is 0.190. The second kappa shape index (κ2) is 3.86. The summed E-state index contributed by atoms with van der Waals surface area (Å²) in [4.78, 5) is 0. The number of hydrogen-bond donors (Lipinski definition) is 3. The van der Waals surface area contributed by atoms with Gasteiger partial charge >= 0.3 is 0 Å². The van der Waals surface area contributed by atoms with Crippen LogP contribution in [0.4, 0.5) is 0 Å². The number of nitrogens with one attached hydrogen (secondary N) is 1. The molecular formula is C4H8N4. The van der Waals surface area contributed by atoms with Gasteiger partial charge in [0.1, 0.15) is 5.84 Å². The Balaban J connectivity index is 3.69. The van der Waals surface area contributed by atoms with Gasteiger partial charge in [-0.05, 0) is 12.2 Å². The van der Waals surface area contributed by atoms with Gasteiger partial charge in [0.15, 0.2) is 0 Å². The van der Waals surface area contributed by atoms with Crippen LogP contribution in [-0.4, -0.2) is 12.1 Å². The lowest BCUT2D eigenvalue weighted by molar-refractivity contribution is 1.24. The lowest BCUT2D eigenvalue weighted by atomic mass is 10.5. The van der Waals surface area contributed by atoms with Gasteiger partial charge < -0.3 is 17.0 Å². The first-order valence-electron chi connectivity index (χ1n) is 2.01. The summed E-state index contributed by atoms with van der Waals surface area (Å²) in [5, 5.41) is 9.64. The van der Waals surface area contributed by atoms with Crippen molar-refractivity contribution < 1.29 is 0 Å². The fraction of sp³-hybridized carbons (Fsp3) is 0. The van der Waals surface area contributed by atoms with Crippen LogP contribution in [0.1, 0.15) is 0 Å². The van der Waals surface area contributed by atoms with Crippen LogP contribution in [0.25, 0.3) is 0 Å². The van der Waals surface area contributed by atoms with E-state index in [1.807, 2.05) is 0 Å². The number of hydrogen-bond acceptors (Lipinski definition) is 3. The lowest BCUT2D eigenvalue weighted by Gasteiger charge is -1.81. The lowest BCUT2D eigenvalue weighted by Crippen LogP contribution is -2.09. The maximum absolute atomic E-state index is 6.51. The van der Waals surface area contributed by atoms with Gasteiger partial charge in [0.25, 0.3) is 0 Å². The molecule has 0 bridgehead atoms. The molecular weight excluding hydrogens is 104 g/mol. The summed E-state index contributed by atoms with van der Waals surface area (Å²) in [7, 11) is 0. The molecule has 0 aromatic carbocycles. The first kappa shape index (κ1) is 6.68. The van der Waals surface area contributed by atoms with Crippen LogP contribution >= 0.6 is 0 Å². The van der Waals surface area contributed by atoms with E-state index in [0.29, 0.717) is 0 Å². The second-order valence-electron chi connectivity index (χ2n) is 1.08. The van der Waals surface area contributed by atoms with Crippen molar-refractivity contribution in [3.63, 3.8) is 0 Å². The summed E-state index contributed by atoms with van der Waals surface area (Å²) in [5.74, 6) is 4.97. The van der Waals surface area contributed by atoms with E-state index in [1.54, 1.807) is 0 Å². The Kier molecular flexibility index (Phi) is 3.22. The largest absolute Gasteiger partial charge is 0.382 e. The monoisotopic (exact) mass is 112 g/mol. The number of allylic oxidation sites excluding steroid dienone is 1. The Bertz CT molecular complexity index is 124. The Labute approximate surface area is 47.4 Å². The standard InChI is InChI=1S/C4H8N4/c5-3-1-2-4(6)8-7/h1-3,5H,7H2,(H2,6,8). The molecule has 0 amide bonds. The highest BCUT2D eigenvalue weighted by Gasteiger charge is 1.74. The van der Waals surface area contributed by atoms with Gasteiger partial charge in [-0.15, -0.1) is 0 Å². The predicted octanol–water partition coefficient (Wildman–Crippen LogP) is -0.577. The van der Waals surface area contributed by atoms with Gasteiger partial charge in [-0.25, -0.2) is 0 Å². The number of hydrazone groups is 1. The van der Waals surface area contributed by atoms with Crippen molar-refractivity contribution in [2.75, 3.05) is 0 Å². The Morgan fingerprint density at radius 3 is 2.62 bits per heavy atom. The predicted molar refractivity (Wildman–Crippen MR) is 33.7 cm³/mol. The molecule has 8 heavy (non-hydrogen) atoms. The average Bonchev–Trinajstić information content (AvgIpc) is 1.83. The third kappa shape index (κ3) is 2.89. The van der Waals surface area contributed by atoms with Crippen LogP contribution in [0.5, 0.6) is 0 Å². The number of rotatable bonds is 2. The van der Waals surface area contributed by atoms with Crippen LogP contribution in [0.3, 0.4) is 0 Å². The Hall–Kier alpha value is -1.32. The van der Waals surface area contributed by atoms with Gasteiger partial charge in [0.05, 0.1) is 0 Å². The van der Waals surface area contributed by atoms with Crippen LogP contribution < -0.4 is 11.6 Å². The summed E-state index contributed by atoms with van der Waals surface area (Å²) < 4.78 is 0. The number of amidine groups is 1. The number of nitrogens with two attached hydrogens (primary N) is 2. The molecule has 4 nitrogen and oxygen atoms in total. The zero-order valence-electron chi connectivity index (χ0n) is 4.33. The van der Waals surface area contributed by atoms with Gasteiger partial charge in [-0.3, -0.25) is 0 Å². The van der Waals surface area contributed by atoms with Gasteiger partial charge in [0, 0.05) is 6.21 Å². The highest BCUT2D eigenvalue weighted by atomic mass is 15.1. The highest BCUT2D eigenvalue weighted by molar-refractivity contribution is 5.94. The minimum Gasteiger partial charge on any atom is -0.382 e. The molecule has 0 aliphatic carbocycles. The minimum atomic E-state index is 0.216. The van der Waals surface area contributed by atoms with E-state index in [1.165, 1.54) is 12.2 Å². The van der Waals surface area contributed by atoms with Crippen molar-refractivity contribution in [1.82, 2.24) is 0 Å². The van der Waals surface area contributed by atoms with Crippen LogP contribution in [-0.2, 0) is 0 Å². The zero-order chi connectivity index (χ0) is 6.41. The molecule has 0 aromatic rings. The highest BCUT2D eigenvalue weighted by Crippen LogP contribution is 1.65. The molecule has 4 heteroatoms. The summed E-state index contributed by atoms with van der Waals surface area (Å²) in [6.45, 7) is 0. The van der Waals surface area contributed by atoms with Crippen molar-refractivity contribution >= 4 is 12.1 Å². The quantitative estimate of drug-likeness (QED) is 0.193. The molecule has 0 radical (unpaired) electrons. The van der Waals surface area contributed by atoms with E-state index in [9.17, 15) is 0 Å². The molecule has 0 aromatic heterocycles. The average molecular weight is 112 g/mol. The summed E-state index contributed by atoms with van der Waals surface area (Å²) in [6, 6.07) is 0. The second-order valence-corrected chi connectivity index (χ2v) is 1.08. The van der Waals surface area contributed by atoms with Crippen molar-refractivity contribution in [3.8, 4) is 0 Å². The van der Waals surface area contributed by atoms with E-state index < -0.39 is 0 Å². The van der Waals surface area contributed by atoms with E-state index in [0.717, 1.165) is 6.21 Å². The third-order valence-corrected chi connectivity index (χ3v) is 0.512. The van der Waals surface area contributed by atoms with Crippen LogP contribution in [0, 0.1) is 5.41 Å². The van der Waals surface area contributed by atoms with Crippen LogP contribution in [0.2, 0.25) is 0 Å². The molecule has 0 saturated carbocycles. The topological polar surface area (TPSA) is 88.2 Å². The Morgan fingerprint density at radius 1 is 1.62 bits per heavy atom. The maximum atomic E-state index is 6.51. The molecule has 0 fully saturated rings. The fourth-order valence-corrected chi connectivity index (χ4v) is 0.190. The third-order valence-electron chi connectivity index (χ3n) is 0.512. The van der Waals surface area contributed by atoms with Crippen molar-refractivity contribution in [1.29, 1.82) is 5.41 Å². The minimum absolute atomic E-state index is 0.216. The molecule has 0 unspecified atom stereocenters. The smallest absolute Gasteiger partial charge is 0.143 e. The number of nitrogens with zero attached hydrogens (tertiary/aromatic N) is 1. The molecule has 0 rings (SSSR count). The molecule has 0 heterocycles. The molecule has 0 spiro atoms. The molecule has 0 saturated heterocycles. The van der Waals surface area contributed by atoms with Gasteiger partial charge in [-0.2, -0.15) is 5.10 Å².